The van der Waals surface area contributed by atoms with Crippen LogP contribution < -0.4 is 5.32 Å². The van der Waals surface area contributed by atoms with Gasteiger partial charge in [0.2, 0.25) is 0 Å². The number of hydrogen-bond acceptors (Lipinski definition) is 2. The lowest BCUT2D eigenvalue weighted by molar-refractivity contribution is 0.461. The molecule has 1 atom stereocenters. The fraction of sp³-hybridized carbons (Fsp3) is 0.625. The van der Waals surface area contributed by atoms with Crippen LogP contribution in [0.4, 0.5) is 0 Å². The van der Waals surface area contributed by atoms with E-state index in [9.17, 15) is 0 Å². The Morgan fingerprint density at radius 1 is 1.28 bits per heavy atom. The van der Waals surface area contributed by atoms with Crippen LogP contribution in [0.25, 0.3) is 0 Å². The lowest BCUT2D eigenvalue weighted by Crippen LogP contribution is -2.26. The molecule has 100 valence electrons. The normalized spacial score (nSPS) is 16.8. The molecule has 0 bridgehead atoms. The highest BCUT2D eigenvalue weighted by Gasteiger charge is 2.21. The van der Waals surface area contributed by atoms with Crippen LogP contribution in [0.1, 0.15) is 30.4 Å². The van der Waals surface area contributed by atoms with E-state index in [1.54, 1.807) is 0 Å². The van der Waals surface area contributed by atoms with E-state index < -0.39 is 0 Å². The van der Waals surface area contributed by atoms with Crippen molar-refractivity contribution in [2.24, 2.45) is 5.92 Å². The Bertz CT molecular complexity index is 343. The first-order valence-corrected chi connectivity index (χ1v) is 8.45. The summed E-state index contributed by atoms with van der Waals surface area (Å²) in [7, 11) is 0. The molecule has 0 aliphatic heterocycles. The zero-order chi connectivity index (χ0) is 12.8. The van der Waals surface area contributed by atoms with Gasteiger partial charge in [-0.15, -0.1) is 0 Å². The third kappa shape index (κ3) is 5.03. The van der Waals surface area contributed by atoms with Crippen LogP contribution in [0.3, 0.4) is 0 Å². The Kier molecular flexibility index (Phi) is 5.58. The molecule has 0 saturated heterocycles. The minimum absolute atomic E-state index is 0.792. The zero-order valence-corrected chi connectivity index (χ0v) is 12.4. The van der Waals surface area contributed by atoms with Crippen molar-refractivity contribution in [3.63, 3.8) is 0 Å². The highest BCUT2D eigenvalue weighted by molar-refractivity contribution is 7.98. The number of rotatable bonds is 8. The van der Waals surface area contributed by atoms with Crippen molar-refractivity contribution >= 4 is 11.8 Å². The Morgan fingerprint density at radius 2 is 2.00 bits per heavy atom. The van der Waals surface area contributed by atoms with Crippen LogP contribution in [0.2, 0.25) is 0 Å². The number of benzene rings is 1. The van der Waals surface area contributed by atoms with Gasteiger partial charge < -0.3 is 5.32 Å². The third-order valence-corrected chi connectivity index (χ3v) is 4.29. The SMILES string of the molecule is CSCCC(CNC1CC1)Cc1ccc(C)cc1. The van der Waals surface area contributed by atoms with Gasteiger partial charge in [-0.05, 0) is 62.6 Å². The summed E-state index contributed by atoms with van der Waals surface area (Å²) in [6.45, 7) is 3.35. The molecule has 2 rings (SSSR count). The highest BCUT2D eigenvalue weighted by atomic mass is 32.2. The summed E-state index contributed by atoms with van der Waals surface area (Å²) in [5.74, 6) is 2.07. The van der Waals surface area contributed by atoms with Crippen molar-refractivity contribution < 1.29 is 0 Å². The molecule has 1 fully saturated rings. The van der Waals surface area contributed by atoms with Crippen molar-refractivity contribution in [3.05, 3.63) is 35.4 Å². The molecule has 1 aromatic rings. The summed E-state index contributed by atoms with van der Waals surface area (Å²) in [4.78, 5) is 0. The molecule has 0 heterocycles. The van der Waals surface area contributed by atoms with Gasteiger partial charge in [-0.3, -0.25) is 0 Å². The molecular weight excluding hydrogens is 238 g/mol. The van der Waals surface area contributed by atoms with Crippen molar-refractivity contribution in [2.45, 2.75) is 38.6 Å². The van der Waals surface area contributed by atoms with E-state index in [1.807, 2.05) is 11.8 Å². The van der Waals surface area contributed by atoms with E-state index in [1.165, 1.54) is 49.1 Å². The summed E-state index contributed by atoms with van der Waals surface area (Å²) in [5, 5.41) is 3.69. The molecule has 1 unspecified atom stereocenters. The van der Waals surface area contributed by atoms with Crippen molar-refractivity contribution in [3.8, 4) is 0 Å². The maximum atomic E-state index is 3.69. The molecule has 1 N–H and O–H groups in total. The fourth-order valence-corrected chi connectivity index (χ4v) is 2.81. The second-order valence-corrected chi connectivity index (χ2v) is 6.51. The predicted molar refractivity (Wildman–Crippen MR) is 82.4 cm³/mol. The quantitative estimate of drug-likeness (QED) is 0.768. The molecule has 1 aliphatic rings. The van der Waals surface area contributed by atoms with Gasteiger partial charge in [-0.2, -0.15) is 11.8 Å². The molecule has 0 radical (unpaired) electrons. The molecule has 1 saturated carbocycles. The summed E-state index contributed by atoms with van der Waals surface area (Å²) in [6.07, 6.45) is 7.53. The number of hydrogen-bond donors (Lipinski definition) is 1. The summed E-state index contributed by atoms with van der Waals surface area (Å²) >= 11 is 1.97. The minimum Gasteiger partial charge on any atom is -0.314 e. The van der Waals surface area contributed by atoms with Gasteiger partial charge in [0.15, 0.2) is 0 Å². The molecule has 1 aromatic carbocycles. The van der Waals surface area contributed by atoms with Crippen LogP contribution >= 0.6 is 11.8 Å². The lowest BCUT2D eigenvalue weighted by atomic mass is 9.96. The lowest BCUT2D eigenvalue weighted by Gasteiger charge is -2.17. The Hall–Kier alpha value is -0.470. The molecule has 0 amide bonds. The summed E-state index contributed by atoms with van der Waals surface area (Å²) < 4.78 is 0. The van der Waals surface area contributed by atoms with Gasteiger partial charge in [-0.25, -0.2) is 0 Å². The molecule has 18 heavy (non-hydrogen) atoms. The van der Waals surface area contributed by atoms with E-state index in [0.29, 0.717) is 0 Å². The van der Waals surface area contributed by atoms with E-state index >= 15 is 0 Å². The van der Waals surface area contributed by atoms with E-state index in [2.05, 4.69) is 42.8 Å². The average molecular weight is 263 g/mol. The maximum absolute atomic E-state index is 3.69. The first-order chi connectivity index (χ1) is 8.78. The van der Waals surface area contributed by atoms with Crippen LogP contribution in [0.15, 0.2) is 24.3 Å². The standard InChI is InChI=1S/C16H25NS/c1-13-3-5-14(6-4-13)11-15(9-10-18-2)12-17-16-7-8-16/h3-6,15-17H,7-12H2,1-2H3. The first kappa shape index (κ1) is 14.0. The van der Waals surface area contributed by atoms with E-state index in [4.69, 9.17) is 0 Å². The van der Waals surface area contributed by atoms with E-state index in [-0.39, 0.29) is 0 Å². The van der Waals surface area contributed by atoms with E-state index in [0.717, 1.165) is 12.0 Å². The number of thioether (sulfide) groups is 1. The van der Waals surface area contributed by atoms with Crippen LogP contribution in [-0.2, 0) is 6.42 Å². The van der Waals surface area contributed by atoms with Gasteiger partial charge in [0.25, 0.3) is 0 Å². The molecule has 2 heteroatoms. The topological polar surface area (TPSA) is 12.0 Å². The van der Waals surface area contributed by atoms with Crippen LogP contribution in [-0.4, -0.2) is 24.6 Å². The third-order valence-electron chi connectivity index (χ3n) is 3.65. The molecular formula is C16H25NS. The Morgan fingerprint density at radius 3 is 2.61 bits per heavy atom. The minimum atomic E-state index is 0.792. The van der Waals surface area contributed by atoms with Gasteiger partial charge >= 0.3 is 0 Å². The second kappa shape index (κ2) is 7.20. The van der Waals surface area contributed by atoms with Gasteiger partial charge in [-0.1, -0.05) is 29.8 Å². The van der Waals surface area contributed by atoms with Crippen molar-refractivity contribution in [2.75, 3.05) is 18.6 Å². The molecule has 1 aliphatic carbocycles. The Labute approximate surface area is 116 Å². The predicted octanol–water partition coefficient (Wildman–Crippen LogP) is 3.66. The van der Waals surface area contributed by atoms with Gasteiger partial charge in [0.1, 0.15) is 0 Å². The molecule has 1 nitrogen and oxygen atoms in total. The highest BCUT2D eigenvalue weighted by Crippen LogP contribution is 2.21. The monoisotopic (exact) mass is 263 g/mol. The fourth-order valence-electron chi connectivity index (χ4n) is 2.24. The maximum Gasteiger partial charge on any atom is 0.00683 e. The second-order valence-electron chi connectivity index (χ2n) is 5.52. The first-order valence-electron chi connectivity index (χ1n) is 7.06. The largest absolute Gasteiger partial charge is 0.314 e. The van der Waals surface area contributed by atoms with Gasteiger partial charge in [0, 0.05) is 6.04 Å². The summed E-state index contributed by atoms with van der Waals surface area (Å²) in [6, 6.07) is 9.88. The van der Waals surface area contributed by atoms with Crippen molar-refractivity contribution in [1.29, 1.82) is 0 Å². The van der Waals surface area contributed by atoms with Gasteiger partial charge in [0.05, 0.1) is 0 Å². The molecule has 0 aromatic heterocycles. The number of nitrogens with one attached hydrogen (secondary N) is 1. The Balaban J connectivity index is 1.83. The average Bonchev–Trinajstić information content (AvgIpc) is 3.19. The molecule has 0 spiro atoms. The van der Waals surface area contributed by atoms with Crippen LogP contribution in [0.5, 0.6) is 0 Å². The van der Waals surface area contributed by atoms with Crippen molar-refractivity contribution in [1.82, 2.24) is 5.32 Å². The number of aryl methyl sites for hydroxylation is 1. The summed E-state index contributed by atoms with van der Waals surface area (Å²) in [5.41, 5.74) is 2.85. The zero-order valence-electron chi connectivity index (χ0n) is 11.6. The smallest absolute Gasteiger partial charge is 0.00683 e. The van der Waals surface area contributed by atoms with Crippen LogP contribution in [0, 0.1) is 12.8 Å².